The van der Waals surface area contributed by atoms with Crippen LogP contribution in [0.1, 0.15) is 39.2 Å². The highest BCUT2D eigenvalue weighted by molar-refractivity contribution is 7.88. The number of halogens is 1. The van der Waals surface area contributed by atoms with Crippen LogP contribution in [0.4, 0.5) is 9.18 Å². The number of benzene rings is 1. The van der Waals surface area contributed by atoms with Crippen molar-refractivity contribution < 1.29 is 22.3 Å². The van der Waals surface area contributed by atoms with Crippen LogP contribution in [0.5, 0.6) is 0 Å². The fourth-order valence-electron chi connectivity index (χ4n) is 2.87. The third-order valence-corrected chi connectivity index (χ3v) is 5.33. The van der Waals surface area contributed by atoms with Gasteiger partial charge in [-0.2, -0.15) is 0 Å². The zero-order valence-electron chi connectivity index (χ0n) is 15.5. The van der Waals surface area contributed by atoms with E-state index in [0.717, 1.165) is 12.8 Å². The molecule has 6 nitrogen and oxygen atoms in total. The lowest BCUT2D eigenvalue weighted by molar-refractivity contribution is 0.0169. The van der Waals surface area contributed by atoms with Crippen molar-refractivity contribution in [2.45, 2.75) is 45.0 Å². The van der Waals surface area contributed by atoms with Gasteiger partial charge < -0.3 is 9.64 Å². The minimum atomic E-state index is -3.57. The molecule has 0 spiro atoms. The van der Waals surface area contributed by atoms with E-state index in [4.69, 9.17) is 4.74 Å². The van der Waals surface area contributed by atoms with Gasteiger partial charge >= 0.3 is 6.09 Å². The van der Waals surface area contributed by atoms with Crippen molar-refractivity contribution in [3.05, 3.63) is 35.6 Å². The van der Waals surface area contributed by atoms with Gasteiger partial charge in [-0.25, -0.2) is 22.3 Å². The summed E-state index contributed by atoms with van der Waals surface area (Å²) in [5, 5.41) is 0. The first-order chi connectivity index (χ1) is 12.0. The van der Waals surface area contributed by atoms with E-state index >= 15 is 0 Å². The number of piperidine rings is 1. The van der Waals surface area contributed by atoms with Crippen molar-refractivity contribution in [2.75, 3.05) is 19.6 Å². The summed E-state index contributed by atoms with van der Waals surface area (Å²) in [6, 6.07) is 5.55. The predicted molar refractivity (Wildman–Crippen MR) is 97.6 cm³/mol. The minimum absolute atomic E-state index is 0.0264. The SMILES string of the molecule is CC(C)(C)OC(=O)N1CCC[C@@H](CNS(=O)(=O)Cc2cccc(F)c2)C1. The molecule has 0 aromatic heterocycles. The highest BCUT2D eigenvalue weighted by Crippen LogP contribution is 2.19. The molecule has 1 fully saturated rings. The van der Waals surface area contributed by atoms with Crippen molar-refractivity contribution in [1.82, 2.24) is 9.62 Å². The molecule has 1 aliphatic heterocycles. The summed E-state index contributed by atoms with van der Waals surface area (Å²) in [5.74, 6) is -0.704. The maximum Gasteiger partial charge on any atom is 0.410 e. The summed E-state index contributed by atoms with van der Waals surface area (Å²) in [4.78, 5) is 13.8. The Kier molecular flexibility index (Phi) is 6.63. The summed E-state index contributed by atoms with van der Waals surface area (Å²) >= 11 is 0. The molecule has 1 aromatic rings. The van der Waals surface area contributed by atoms with Gasteiger partial charge in [0, 0.05) is 19.6 Å². The van der Waals surface area contributed by atoms with E-state index in [1.165, 1.54) is 18.2 Å². The lowest BCUT2D eigenvalue weighted by Crippen LogP contribution is -2.45. The number of sulfonamides is 1. The van der Waals surface area contributed by atoms with Crippen LogP contribution >= 0.6 is 0 Å². The number of ether oxygens (including phenoxy) is 1. The number of carbonyl (C=O) groups is 1. The Morgan fingerprint density at radius 2 is 2.12 bits per heavy atom. The van der Waals surface area contributed by atoms with E-state index in [2.05, 4.69) is 4.72 Å². The zero-order chi connectivity index (χ0) is 19.4. The molecule has 1 aliphatic rings. The number of amides is 1. The van der Waals surface area contributed by atoms with Gasteiger partial charge in [-0.3, -0.25) is 0 Å². The Hall–Kier alpha value is -1.67. The quantitative estimate of drug-likeness (QED) is 0.844. The fourth-order valence-corrected chi connectivity index (χ4v) is 4.08. The minimum Gasteiger partial charge on any atom is -0.444 e. The third kappa shape index (κ3) is 6.92. The second kappa shape index (κ2) is 8.35. The van der Waals surface area contributed by atoms with Crippen molar-refractivity contribution in [2.24, 2.45) is 5.92 Å². The number of hydrogen-bond donors (Lipinski definition) is 1. The monoisotopic (exact) mass is 386 g/mol. The number of likely N-dealkylation sites (tertiary alicyclic amines) is 1. The van der Waals surface area contributed by atoms with Crippen LogP contribution in [0.15, 0.2) is 24.3 Å². The highest BCUT2D eigenvalue weighted by atomic mass is 32.2. The van der Waals surface area contributed by atoms with Crippen LogP contribution in [-0.2, 0) is 20.5 Å². The van der Waals surface area contributed by atoms with Gasteiger partial charge in [-0.15, -0.1) is 0 Å². The van der Waals surface area contributed by atoms with E-state index in [-0.39, 0.29) is 24.3 Å². The van der Waals surface area contributed by atoms with Crippen molar-refractivity contribution in [1.29, 1.82) is 0 Å². The molecule has 0 aliphatic carbocycles. The van der Waals surface area contributed by atoms with Gasteiger partial charge in [0.25, 0.3) is 0 Å². The van der Waals surface area contributed by atoms with Crippen molar-refractivity contribution >= 4 is 16.1 Å². The van der Waals surface area contributed by atoms with Crippen LogP contribution in [0, 0.1) is 11.7 Å². The summed E-state index contributed by atoms with van der Waals surface area (Å²) in [6.45, 7) is 6.75. The molecule has 0 radical (unpaired) electrons. The highest BCUT2D eigenvalue weighted by Gasteiger charge is 2.28. The Morgan fingerprint density at radius 1 is 1.38 bits per heavy atom. The van der Waals surface area contributed by atoms with Gasteiger partial charge in [0.1, 0.15) is 11.4 Å². The normalized spacial score (nSPS) is 18.6. The smallest absolute Gasteiger partial charge is 0.410 e. The molecule has 1 heterocycles. The van der Waals surface area contributed by atoms with Crippen LogP contribution in [-0.4, -0.2) is 44.6 Å². The average molecular weight is 386 g/mol. The molecule has 8 heteroatoms. The standard InChI is InChI=1S/C18H27FN2O4S/c1-18(2,3)25-17(22)21-9-5-7-15(12-21)11-20-26(23,24)13-14-6-4-8-16(19)10-14/h4,6,8,10,15,20H,5,7,9,11-13H2,1-3H3/t15-/m0/s1. The molecule has 0 bridgehead atoms. The van der Waals surface area contributed by atoms with Gasteiger partial charge in [0.15, 0.2) is 0 Å². The second-order valence-electron chi connectivity index (χ2n) is 7.67. The molecule has 1 aromatic carbocycles. The summed E-state index contributed by atoms with van der Waals surface area (Å²) in [5.41, 5.74) is -0.159. The Morgan fingerprint density at radius 3 is 2.77 bits per heavy atom. The van der Waals surface area contributed by atoms with E-state index < -0.39 is 21.4 Å². The summed E-state index contributed by atoms with van der Waals surface area (Å²) < 4.78 is 45.6. The van der Waals surface area contributed by atoms with Gasteiger partial charge in [0.2, 0.25) is 10.0 Å². The van der Waals surface area contributed by atoms with Gasteiger partial charge in [-0.05, 0) is 57.2 Å². The number of rotatable bonds is 5. The molecule has 0 unspecified atom stereocenters. The van der Waals surface area contributed by atoms with E-state index in [0.29, 0.717) is 18.7 Å². The first-order valence-corrected chi connectivity index (χ1v) is 10.4. The topological polar surface area (TPSA) is 75.7 Å². The summed E-state index contributed by atoms with van der Waals surface area (Å²) in [6.07, 6.45) is 1.27. The molecule has 2 rings (SSSR count). The van der Waals surface area contributed by atoms with Crippen LogP contribution in [0.25, 0.3) is 0 Å². The maximum atomic E-state index is 13.2. The molecule has 1 atom stereocenters. The third-order valence-electron chi connectivity index (χ3n) is 4.01. The molecular weight excluding hydrogens is 359 g/mol. The average Bonchev–Trinajstić information content (AvgIpc) is 2.51. The molecule has 0 saturated carbocycles. The van der Waals surface area contributed by atoms with Crippen molar-refractivity contribution in [3.8, 4) is 0 Å². The first kappa shape index (κ1) is 20.6. The van der Waals surface area contributed by atoms with Crippen LogP contribution in [0.2, 0.25) is 0 Å². The van der Waals surface area contributed by atoms with E-state index in [1.807, 2.05) is 20.8 Å². The van der Waals surface area contributed by atoms with Gasteiger partial charge in [-0.1, -0.05) is 12.1 Å². The van der Waals surface area contributed by atoms with E-state index in [9.17, 15) is 17.6 Å². The molecule has 1 N–H and O–H groups in total. The summed E-state index contributed by atoms with van der Waals surface area (Å²) in [7, 11) is -3.57. The Balaban J connectivity index is 1.87. The molecule has 1 saturated heterocycles. The lowest BCUT2D eigenvalue weighted by Gasteiger charge is -2.34. The number of nitrogens with one attached hydrogen (secondary N) is 1. The molecule has 146 valence electrons. The second-order valence-corrected chi connectivity index (χ2v) is 9.48. The molecule has 1 amide bonds. The van der Waals surface area contributed by atoms with E-state index in [1.54, 1.807) is 11.0 Å². The maximum absolute atomic E-state index is 13.2. The first-order valence-electron chi connectivity index (χ1n) is 8.74. The number of hydrogen-bond acceptors (Lipinski definition) is 4. The lowest BCUT2D eigenvalue weighted by atomic mass is 9.99. The predicted octanol–water partition coefficient (Wildman–Crippen LogP) is 2.89. The Labute approximate surface area is 154 Å². The van der Waals surface area contributed by atoms with Gasteiger partial charge in [0.05, 0.1) is 5.75 Å². The zero-order valence-corrected chi connectivity index (χ0v) is 16.3. The largest absolute Gasteiger partial charge is 0.444 e. The van der Waals surface area contributed by atoms with Crippen LogP contribution < -0.4 is 4.72 Å². The fraction of sp³-hybridized carbons (Fsp3) is 0.611. The number of nitrogens with zero attached hydrogens (tertiary/aromatic N) is 1. The molecule has 26 heavy (non-hydrogen) atoms. The number of carbonyl (C=O) groups excluding carboxylic acids is 1. The van der Waals surface area contributed by atoms with Crippen LogP contribution in [0.3, 0.4) is 0 Å². The van der Waals surface area contributed by atoms with Crippen molar-refractivity contribution in [3.63, 3.8) is 0 Å². The molecular formula is C18H27FN2O4S. The Bertz CT molecular complexity index is 731.